The number of hydrogen-bond donors (Lipinski definition) is 2. The van der Waals surface area contributed by atoms with Crippen molar-refractivity contribution < 1.29 is 0 Å². The molecule has 0 aliphatic heterocycles. The Balaban J connectivity index is 1.96. The van der Waals surface area contributed by atoms with E-state index in [1.54, 1.807) is 0 Å². The van der Waals surface area contributed by atoms with Gasteiger partial charge in [-0.1, -0.05) is 13.8 Å². The van der Waals surface area contributed by atoms with Gasteiger partial charge in [0.1, 0.15) is 0 Å². The zero-order valence-corrected chi connectivity index (χ0v) is 11.2. The van der Waals surface area contributed by atoms with Crippen LogP contribution in [-0.2, 0) is 0 Å². The summed E-state index contributed by atoms with van der Waals surface area (Å²) in [6, 6.07) is 0. The summed E-state index contributed by atoms with van der Waals surface area (Å²) in [7, 11) is 0. The van der Waals surface area contributed by atoms with Crippen LogP contribution in [0.25, 0.3) is 0 Å². The van der Waals surface area contributed by atoms with Crippen LogP contribution in [0.3, 0.4) is 0 Å². The summed E-state index contributed by atoms with van der Waals surface area (Å²) >= 11 is 5.83. The van der Waals surface area contributed by atoms with Crippen LogP contribution in [0.5, 0.6) is 0 Å². The molecular formula is C11H18ClN5. The fraction of sp³-hybridized carbons (Fsp3) is 0.727. The predicted octanol–water partition coefficient (Wildman–Crippen LogP) is 2.41. The molecule has 0 saturated heterocycles. The van der Waals surface area contributed by atoms with Gasteiger partial charge in [-0.05, 0) is 36.3 Å². The third-order valence-electron chi connectivity index (χ3n) is 3.17. The van der Waals surface area contributed by atoms with E-state index in [0.29, 0.717) is 23.2 Å². The molecule has 5 nitrogen and oxygen atoms in total. The Morgan fingerprint density at radius 3 is 2.35 bits per heavy atom. The third-order valence-corrected chi connectivity index (χ3v) is 3.34. The van der Waals surface area contributed by atoms with Crippen LogP contribution < -0.4 is 10.6 Å². The van der Waals surface area contributed by atoms with Gasteiger partial charge in [0.15, 0.2) is 0 Å². The summed E-state index contributed by atoms with van der Waals surface area (Å²) in [5.41, 5.74) is 0.453. The fourth-order valence-electron chi connectivity index (χ4n) is 1.81. The van der Waals surface area contributed by atoms with E-state index in [1.807, 2.05) is 6.92 Å². The maximum Gasteiger partial charge on any atom is 0.228 e. The van der Waals surface area contributed by atoms with Gasteiger partial charge in [0.25, 0.3) is 0 Å². The van der Waals surface area contributed by atoms with Crippen molar-refractivity contribution in [2.45, 2.75) is 27.2 Å². The number of anilines is 2. The molecule has 1 unspecified atom stereocenters. The minimum atomic E-state index is 0.216. The molecule has 0 radical (unpaired) electrons. The van der Waals surface area contributed by atoms with Crippen molar-refractivity contribution >= 4 is 23.5 Å². The molecular weight excluding hydrogens is 238 g/mol. The molecule has 1 atom stereocenters. The lowest BCUT2D eigenvalue weighted by Crippen LogP contribution is -2.12. The first-order valence-corrected chi connectivity index (χ1v) is 6.28. The topological polar surface area (TPSA) is 62.7 Å². The van der Waals surface area contributed by atoms with Crippen LogP contribution in [0.15, 0.2) is 0 Å². The van der Waals surface area contributed by atoms with E-state index in [2.05, 4.69) is 39.4 Å². The quantitative estimate of drug-likeness (QED) is 0.846. The maximum absolute atomic E-state index is 5.83. The highest BCUT2D eigenvalue weighted by atomic mass is 35.5. The number of aromatic nitrogens is 3. The van der Waals surface area contributed by atoms with Gasteiger partial charge >= 0.3 is 0 Å². The minimum Gasteiger partial charge on any atom is -0.354 e. The average Bonchev–Trinajstić information content (AvgIpc) is 2.83. The Morgan fingerprint density at radius 1 is 1.24 bits per heavy atom. The van der Waals surface area contributed by atoms with Crippen LogP contribution in [0.1, 0.15) is 27.2 Å². The maximum atomic E-state index is 5.83. The Labute approximate surface area is 106 Å². The van der Waals surface area contributed by atoms with Crippen LogP contribution in [-0.4, -0.2) is 28.0 Å². The van der Waals surface area contributed by atoms with Crippen molar-refractivity contribution in [2.75, 3.05) is 23.7 Å². The van der Waals surface area contributed by atoms with E-state index >= 15 is 0 Å². The molecule has 6 heteroatoms. The molecule has 1 heterocycles. The second-order valence-corrected chi connectivity index (χ2v) is 5.39. The molecule has 1 aromatic rings. The first-order valence-electron chi connectivity index (χ1n) is 5.90. The highest BCUT2D eigenvalue weighted by Crippen LogP contribution is 2.51. The molecule has 1 aliphatic carbocycles. The molecule has 1 fully saturated rings. The van der Waals surface area contributed by atoms with Crippen molar-refractivity contribution in [2.24, 2.45) is 11.3 Å². The standard InChI is InChI=1S/C11H18ClN5/c1-4-13-9-15-8(12)16-10(17-9)14-6-7-5-11(7,2)3/h7H,4-6H2,1-3H3,(H2,13,14,15,16,17). The van der Waals surface area contributed by atoms with Crippen LogP contribution >= 0.6 is 11.6 Å². The Morgan fingerprint density at radius 2 is 1.82 bits per heavy atom. The molecule has 1 saturated carbocycles. The van der Waals surface area contributed by atoms with Gasteiger partial charge in [-0.15, -0.1) is 0 Å². The minimum absolute atomic E-state index is 0.216. The number of hydrogen-bond acceptors (Lipinski definition) is 5. The van der Waals surface area contributed by atoms with Gasteiger partial charge in [0.05, 0.1) is 0 Å². The smallest absolute Gasteiger partial charge is 0.228 e. The van der Waals surface area contributed by atoms with E-state index in [4.69, 9.17) is 11.6 Å². The van der Waals surface area contributed by atoms with Gasteiger partial charge in [0, 0.05) is 13.1 Å². The molecule has 0 bridgehead atoms. The van der Waals surface area contributed by atoms with Gasteiger partial charge in [0.2, 0.25) is 17.2 Å². The lowest BCUT2D eigenvalue weighted by Gasteiger charge is -2.08. The highest BCUT2D eigenvalue weighted by molar-refractivity contribution is 6.28. The number of nitrogens with one attached hydrogen (secondary N) is 2. The molecule has 2 N–H and O–H groups in total. The summed E-state index contributed by atoms with van der Waals surface area (Å²) in [6.45, 7) is 8.17. The summed E-state index contributed by atoms with van der Waals surface area (Å²) in [5.74, 6) is 1.76. The van der Waals surface area contributed by atoms with E-state index in [9.17, 15) is 0 Å². The second-order valence-electron chi connectivity index (χ2n) is 5.05. The van der Waals surface area contributed by atoms with E-state index in [0.717, 1.165) is 13.1 Å². The number of halogens is 1. The van der Waals surface area contributed by atoms with Crippen molar-refractivity contribution in [3.05, 3.63) is 5.28 Å². The van der Waals surface area contributed by atoms with Crippen molar-refractivity contribution in [1.29, 1.82) is 0 Å². The number of nitrogens with zero attached hydrogens (tertiary/aromatic N) is 3. The van der Waals surface area contributed by atoms with Gasteiger partial charge in [-0.3, -0.25) is 0 Å². The lowest BCUT2D eigenvalue weighted by molar-refractivity contribution is 0.572. The van der Waals surface area contributed by atoms with Crippen LogP contribution in [0.2, 0.25) is 5.28 Å². The molecule has 1 aliphatic rings. The Kier molecular flexibility index (Phi) is 3.38. The average molecular weight is 256 g/mol. The Bertz CT molecular complexity index is 407. The zero-order valence-electron chi connectivity index (χ0n) is 10.4. The van der Waals surface area contributed by atoms with Crippen molar-refractivity contribution in [3.8, 4) is 0 Å². The summed E-state index contributed by atoms with van der Waals surface area (Å²) in [5, 5.41) is 6.45. The first kappa shape index (κ1) is 12.4. The molecule has 0 spiro atoms. The normalized spacial score (nSPS) is 21.1. The fourth-order valence-corrected chi connectivity index (χ4v) is 1.97. The van der Waals surface area contributed by atoms with Crippen molar-refractivity contribution in [1.82, 2.24) is 15.0 Å². The van der Waals surface area contributed by atoms with Gasteiger partial charge < -0.3 is 10.6 Å². The summed E-state index contributed by atoms with van der Waals surface area (Å²) in [4.78, 5) is 12.3. The second kappa shape index (κ2) is 4.64. The van der Waals surface area contributed by atoms with Crippen LogP contribution in [0, 0.1) is 11.3 Å². The third kappa shape index (κ3) is 3.19. The molecule has 0 aromatic carbocycles. The largest absolute Gasteiger partial charge is 0.354 e. The number of rotatable bonds is 5. The van der Waals surface area contributed by atoms with Gasteiger partial charge in [-0.25, -0.2) is 0 Å². The predicted molar refractivity (Wildman–Crippen MR) is 69.4 cm³/mol. The van der Waals surface area contributed by atoms with Crippen LogP contribution in [0.4, 0.5) is 11.9 Å². The van der Waals surface area contributed by atoms with Gasteiger partial charge in [-0.2, -0.15) is 15.0 Å². The summed E-state index contributed by atoms with van der Waals surface area (Å²) in [6.07, 6.45) is 1.25. The van der Waals surface area contributed by atoms with E-state index < -0.39 is 0 Å². The molecule has 2 rings (SSSR count). The highest BCUT2D eigenvalue weighted by Gasteiger charge is 2.45. The van der Waals surface area contributed by atoms with E-state index in [1.165, 1.54) is 6.42 Å². The first-order chi connectivity index (χ1) is 8.01. The molecule has 0 amide bonds. The SMILES string of the molecule is CCNc1nc(Cl)nc(NCC2CC2(C)C)n1. The Hall–Kier alpha value is -1.10. The van der Waals surface area contributed by atoms with Crippen molar-refractivity contribution in [3.63, 3.8) is 0 Å². The van der Waals surface area contributed by atoms with E-state index in [-0.39, 0.29) is 5.28 Å². The lowest BCUT2D eigenvalue weighted by atomic mass is 10.1. The summed E-state index contributed by atoms with van der Waals surface area (Å²) < 4.78 is 0. The molecule has 17 heavy (non-hydrogen) atoms. The monoisotopic (exact) mass is 255 g/mol. The molecule has 1 aromatic heterocycles. The zero-order chi connectivity index (χ0) is 12.5. The molecule has 94 valence electrons.